The molecular weight excluding hydrogens is 292 g/mol. The molecule has 2 saturated heterocycles. The van der Waals surface area contributed by atoms with Gasteiger partial charge in [-0.15, -0.1) is 0 Å². The second kappa shape index (κ2) is 8.17. The van der Waals surface area contributed by atoms with Gasteiger partial charge < -0.3 is 9.80 Å². The standard InChI is InChI=1S/C14H24N2O2S2/c1-12(17)15-7-9-16(10-8-15)14(18)5-3-2-4-13-6-11-19-20-13/h13H,2-11H2,1H3/t13-/m0/s1. The van der Waals surface area contributed by atoms with E-state index in [0.717, 1.165) is 18.1 Å². The van der Waals surface area contributed by atoms with Crippen LogP contribution >= 0.6 is 21.6 Å². The van der Waals surface area contributed by atoms with E-state index in [2.05, 4.69) is 0 Å². The number of rotatable bonds is 5. The molecule has 2 aliphatic heterocycles. The number of carbonyl (C=O) groups excluding carboxylic acids is 2. The van der Waals surface area contributed by atoms with Crippen LogP contribution in [0.5, 0.6) is 0 Å². The molecule has 2 fully saturated rings. The third-order valence-electron chi connectivity index (χ3n) is 3.97. The van der Waals surface area contributed by atoms with Crippen LogP contribution in [0.15, 0.2) is 0 Å². The van der Waals surface area contributed by atoms with Crippen molar-refractivity contribution in [1.29, 1.82) is 0 Å². The molecule has 0 spiro atoms. The van der Waals surface area contributed by atoms with Gasteiger partial charge in [-0.3, -0.25) is 9.59 Å². The fourth-order valence-corrected chi connectivity index (χ4v) is 5.67. The number of amides is 2. The minimum atomic E-state index is 0.115. The first-order valence-corrected chi connectivity index (χ1v) is 9.86. The summed E-state index contributed by atoms with van der Waals surface area (Å²) in [7, 11) is 4.00. The average Bonchev–Trinajstić information content (AvgIpc) is 2.96. The first-order chi connectivity index (χ1) is 9.66. The van der Waals surface area contributed by atoms with E-state index in [1.165, 1.54) is 18.6 Å². The molecule has 0 aromatic heterocycles. The number of nitrogens with zero attached hydrogens (tertiary/aromatic N) is 2. The molecule has 1 atom stereocenters. The number of unbranched alkanes of at least 4 members (excludes halogenated alkanes) is 1. The Hall–Kier alpha value is -0.360. The van der Waals surface area contributed by atoms with E-state index in [9.17, 15) is 9.59 Å². The zero-order valence-corrected chi connectivity index (χ0v) is 13.8. The van der Waals surface area contributed by atoms with Gasteiger partial charge in [0.25, 0.3) is 0 Å². The first kappa shape index (κ1) is 16.0. The van der Waals surface area contributed by atoms with Crippen LogP contribution in [0, 0.1) is 0 Å². The Morgan fingerprint density at radius 2 is 1.80 bits per heavy atom. The second-order valence-corrected chi connectivity index (χ2v) is 8.25. The Balaban J connectivity index is 1.57. The number of carbonyl (C=O) groups is 2. The fraction of sp³-hybridized carbons (Fsp3) is 0.857. The number of hydrogen-bond donors (Lipinski definition) is 0. The highest BCUT2D eigenvalue weighted by atomic mass is 33.1. The van der Waals surface area contributed by atoms with Gasteiger partial charge in [0.1, 0.15) is 0 Å². The monoisotopic (exact) mass is 316 g/mol. The quantitative estimate of drug-likeness (QED) is 0.577. The molecule has 0 aromatic rings. The van der Waals surface area contributed by atoms with Gasteiger partial charge in [0, 0.05) is 50.5 Å². The van der Waals surface area contributed by atoms with E-state index < -0.39 is 0 Å². The van der Waals surface area contributed by atoms with Gasteiger partial charge in [0.15, 0.2) is 0 Å². The van der Waals surface area contributed by atoms with Crippen molar-refractivity contribution in [3.63, 3.8) is 0 Å². The zero-order chi connectivity index (χ0) is 14.4. The van der Waals surface area contributed by atoms with Crippen molar-refractivity contribution >= 4 is 33.4 Å². The van der Waals surface area contributed by atoms with Gasteiger partial charge in [-0.05, 0) is 19.3 Å². The van der Waals surface area contributed by atoms with E-state index in [1.54, 1.807) is 6.92 Å². The van der Waals surface area contributed by atoms with E-state index in [0.29, 0.717) is 32.6 Å². The van der Waals surface area contributed by atoms with Crippen molar-refractivity contribution in [3.05, 3.63) is 0 Å². The first-order valence-electron chi connectivity index (χ1n) is 7.48. The van der Waals surface area contributed by atoms with E-state index in [1.807, 2.05) is 31.4 Å². The zero-order valence-electron chi connectivity index (χ0n) is 12.2. The Bertz CT molecular complexity index is 338. The Morgan fingerprint density at radius 3 is 2.40 bits per heavy atom. The molecular formula is C14H24N2O2S2. The van der Waals surface area contributed by atoms with Gasteiger partial charge in [0.05, 0.1) is 0 Å². The molecule has 0 aromatic carbocycles. The van der Waals surface area contributed by atoms with Crippen LogP contribution in [0.3, 0.4) is 0 Å². The molecule has 6 heteroatoms. The SMILES string of the molecule is CC(=O)N1CCN(C(=O)CCCC[C@H]2CCSS2)CC1. The minimum absolute atomic E-state index is 0.115. The second-order valence-electron chi connectivity index (χ2n) is 5.46. The molecule has 0 aliphatic carbocycles. The number of hydrogen-bond acceptors (Lipinski definition) is 4. The molecule has 4 nitrogen and oxygen atoms in total. The molecule has 2 amide bonds. The summed E-state index contributed by atoms with van der Waals surface area (Å²) in [5.41, 5.74) is 0. The summed E-state index contributed by atoms with van der Waals surface area (Å²) in [6, 6.07) is 0. The summed E-state index contributed by atoms with van der Waals surface area (Å²) in [4.78, 5) is 27.0. The van der Waals surface area contributed by atoms with Crippen LogP contribution in [0.2, 0.25) is 0 Å². The smallest absolute Gasteiger partial charge is 0.222 e. The summed E-state index contributed by atoms with van der Waals surface area (Å²) in [5, 5.41) is 0.814. The van der Waals surface area contributed by atoms with Gasteiger partial charge >= 0.3 is 0 Å². The third kappa shape index (κ3) is 4.88. The predicted molar refractivity (Wildman–Crippen MR) is 85.8 cm³/mol. The van der Waals surface area contributed by atoms with E-state index in [-0.39, 0.29) is 11.8 Å². The predicted octanol–water partition coefficient (Wildman–Crippen LogP) is 2.39. The summed E-state index contributed by atoms with van der Waals surface area (Å²) in [6.45, 7) is 4.38. The summed E-state index contributed by atoms with van der Waals surface area (Å²) >= 11 is 0. The Labute approximate surface area is 129 Å². The molecule has 0 bridgehead atoms. The van der Waals surface area contributed by atoms with Gasteiger partial charge in [-0.2, -0.15) is 0 Å². The fourth-order valence-electron chi connectivity index (χ4n) is 2.64. The maximum absolute atomic E-state index is 12.1. The third-order valence-corrected chi connectivity index (χ3v) is 6.98. The van der Waals surface area contributed by atoms with Crippen molar-refractivity contribution in [3.8, 4) is 0 Å². The van der Waals surface area contributed by atoms with Crippen LogP contribution in [0.25, 0.3) is 0 Å². The lowest BCUT2D eigenvalue weighted by atomic mass is 10.1. The summed E-state index contributed by atoms with van der Waals surface area (Å²) in [5.74, 6) is 1.67. The highest BCUT2D eigenvalue weighted by Gasteiger charge is 2.22. The van der Waals surface area contributed by atoms with Crippen LogP contribution in [-0.4, -0.2) is 58.8 Å². The topological polar surface area (TPSA) is 40.6 Å². The summed E-state index contributed by atoms with van der Waals surface area (Å²) < 4.78 is 0. The van der Waals surface area contributed by atoms with Crippen molar-refractivity contribution in [2.75, 3.05) is 31.9 Å². The van der Waals surface area contributed by atoms with Gasteiger partial charge in [-0.1, -0.05) is 28.0 Å². The lowest BCUT2D eigenvalue weighted by Gasteiger charge is -2.34. The molecule has 0 radical (unpaired) electrons. The van der Waals surface area contributed by atoms with Crippen LogP contribution in [-0.2, 0) is 9.59 Å². The average molecular weight is 316 g/mol. The largest absolute Gasteiger partial charge is 0.339 e. The molecule has 114 valence electrons. The van der Waals surface area contributed by atoms with Gasteiger partial charge in [0.2, 0.25) is 11.8 Å². The van der Waals surface area contributed by atoms with E-state index >= 15 is 0 Å². The maximum Gasteiger partial charge on any atom is 0.222 e. The molecule has 2 heterocycles. The molecule has 2 aliphatic rings. The lowest BCUT2D eigenvalue weighted by Crippen LogP contribution is -2.50. The molecule has 0 unspecified atom stereocenters. The van der Waals surface area contributed by atoms with Crippen molar-refractivity contribution in [2.45, 2.75) is 44.3 Å². The van der Waals surface area contributed by atoms with Crippen LogP contribution < -0.4 is 0 Å². The van der Waals surface area contributed by atoms with Crippen molar-refractivity contribution < 1.29 is 9.59 Å². The van der Waals surface area contributed by atoms with Crippen molar-refractivity contribution in [1.82, 2.24) is 9.80 Å². The highest BCUT2D eigenvalue weighted by molar-refractivity contribution is 8.77. The van der Waals surface area contributed by atoms with Gasteiger partial charge in [-0.25, -0.2) is 0 Å². The van der Waals surface area contributed by atoms with E-state index in [4.69, 9.17) is 0 Å². The highest BCUT2D eigenvalue weighted by Crippen LogP contribution is 2.39. The van der Waals surface area contributed by atoms with Crippen molar-refractivity contribution in [2.24, 2.45) is 0 Å². The van der Waals surface area contributed by atoms with Crippen LogP contribution in [0.1, 0.15) is 39.0 Å². The lowest BCUT2D eigenvalue weighted by molar-refractivity contribution is -0.138. The minimum Gasteiger partial charge on any atom is -0.339 e. The molecule has 0 saturated carbocycles. The normalized spacial score (nSPS) is 23.1. The Kier molecular flexibility index (Phi) is 6.55. The maximum atomic E-state index is 12.1. The number of piperazine rings is 1. The van der Waals surface area contributed by atoms with Crippen LogP contribution in [0.4, 0.5) is 0 Å². The molecule has 20 heavy (non-hydrogen) atoms. The summed E-state index contributed by atoms with van der Waals surface area (Å²) in [6.07, 6.45) is 5.43. The molecule has 2 rings (SSSR count). The Morgan fingerprint density at radius 1 is 1.10 bits per heavy atom. The molecule has 0 N–H and O–H groups in total.